The molecule has 0 aliphatic heterocycles. The van der Waals surface area contributed by atoms with Gasteiger partial charge in [-0.15, -0.1) is 0 Å². The number of halogens is 1. The van der Waals surface area contributed by atoms with E-state index in [1.165, 1.54) is 0 Å². The summed E-state index contributed by atoms with van der Waals surface area (Å²) >= 11 is 6.11. The van der Waals surface area contributed by atoms with E-state index in [2.05, 4.69) is 0 Å². The first-order valence-electron chi connectivity index (χ1n) is 9.55. The lowest BCUT2D eigenvalue weighted by molar-refractivity contribution is -0.160. The number of pyridine rings is 1. The molecule has 5 nitrogen and oxygen atoms in total. The van der Waals surface area contributed by atoms with Crippen LogP contribution in [0.4, 0.5) is 0 Å². The van der Waals surface area contributed by atoms with Gasteiger partial charge >= 0.3 is 5.97 Å². The maximum Gasteiger partial charge on any atom is 0.337 e. The third-order valence-corrected chi connectivity index (χ3v) is 5.49. The molecule has 3 rings (SSSR count). The lowest BCUT2D eigenvalue weighted by Gasteiger charge is -2.28. The lowest BCUT2D eigenvalue weighted by Crippen LogP contribution is -2.28. The molecule has 0 unspecified atom stereocenters. The average molecular weight is 415 g/mol. The SMILES string of the molecule is Cc1nc2c(c(C)c(C)n2C)c(-c2ccc(Cl)cc2)c1[C@@H](OC(C)(C)C)C(=O)O. The van der Waals surface area contributed by atoms with Crippen LogP contribution < -0.4 is 0 Å². The summed E-state index contributed by atoms with van der Waals surface area (Å²) in [6.07, 6.45) is -1.14. The van der Waals surface area contributed by atoms with E-state index < -0.39 is 17.7 Å². The predicted octanol–water partition coefficient (Wildman–Crippen LogP) is 5.76. The molecule has 1 aromatic carbocycles. The summed E-state index contributed by atoms with van der Waals surface area (Å²) in [5, 5.41) is 11.6. The third kappa shape index (κ3) is 3.89. The molecule has 2 heterocycles. The zero-order valence-electron chi connectivity index (χ0n) is 17.9. The second kappa shape index (κ2) is 7.47. The summed E-state index contributed by atoms with van der Waals surface area (Å²) in [7, 11) is 1.97. The van der Waals surface area contributed by atoms with Gasteiger partial charge in [-0.3, -0.25) is 0 Å². The molecule has 3 aromatic rings. The van der Waals surface area contributed by atoms with Crippen molar-refractivity contribution in [3.05, 3.63) is 51.8 Å². The van der Waals surface area contributed by atoms with E-state index in [1.807, 2.05) is 77.4 Å². The van der Waals surface area contributed by atoms with E-state index in [9.17, 15) is 9.90 Å². The molecule has 0 amide bonds. The van der Waals surface area contributed by atoms with Crippen LogP contribution in [0.25, 0.3) is 22.2 Å². The Morgan fingerprint density at radius 1 is 1.17 bits per heavy atom. The minimum absolute atomic E-state index is 0.580. The fraction of sp³-hybridized carbons (Fsp3) is 0.391. The molecule has 29 heavy (non-hydrogen) atoms. The molecule has 0 aliphatic rings. The highest BCUT2D eigenvalue weighted by Gasteiger charge is 2.33. The van der Waals surface area contributed by atoms with Crippen molar-refractivity contribution in [1.29, 1.82) is 0 Å². The van der Waals surface area contributed by atoms with Gasteiger partial charge in [-0.25, -0.2) is 9.78 Å². The van der Waals surface area contributed by atoms with Crippen molar-refractivity contribution in [2.45, 2.75) is 53.2 Å². The zero-order chi connectivity index (χ0) is 21.7. The molecule has 6 heteroatoms. The van der Waals surface area contributed by atoms with Crippen LogP contribution in [-0.4, -0.2) is 26.2 Å². The highest BCUT2D eigenvalue weighted by atomic mass is 35.5. The molecule has 0 saturated carbocycles. The minimum atomic E-state index is -1.14. The minimum Gasteiger partial charge on any atom is -0.479 e. The van der Waals surface area contributed by atoms with Crippen molar-refractivity contribution >= 4 is 28.6 Å². The van der Waals surface area contributed by atoms with Crippen LogP contribution in [0.1, 0.15) is 49.4 Å². The summed E-state index contributed by atoms with van der Waals surface area (Å²) in [4.78, 5) is 17.1. The van der Waals surface area contributed by atoms with Gasteiger partial charge in [0.1, 0.15) is 5.65 Å². The Morgan fingerprint density at radius 3 is 2.28 bits per heavy atom. The zero-order valence-corrected chi connectivity index (χ0v) is 18.7. The Hall–Kier alpha value is -2.37. The van der Waals surface area contributed by atoms with Gasteiger partial charge in [0.15, 0.2) is 6.10 Å². The summed E-state index contributed by atoms with van der Waals surface area (Å²) in [6, 6.07) is 7.46. The largest absolute Gasteiger partial charge is 0.479 e. The maximum atomic E-state index is 12.3. The van der Waals surface area contributed by atoms with Gasteiger partial charge in [0.05, 0.1) is 5.60 Å². The summed E-state index contributed by atoms with van der Waals surface area (Å²) in [6.45, 7) is 11.5. The highest BCUT2D eigenvalue weighted by Crippen LogP contribution is 2.41. The number of carboxylic acids is 1. The summed E-state index contributed by atoms with van der Waals surface area (Å²) in [5.41, 5.74) is 5.29. The maximum absolute atomic E-state index is 12.3. The van der Waals surface area contributed by atoms with E-state index in [-0.39, 0.29) is 0 Å². The quantitative estimate of drug-likeness (QED) is 0.589. The van der Waals surface area contributed by atoms with Crippen LogP contribution in [0.2, 0.25) is 5.02 Å². The molecular formula is C23H27ClN2O3. The molecule has 0 bridgehead atoms. The molecule has 0 spiro atoms. The van der Waals surface area contributed by atoms with Gasteiger partial charge in [-0.2, -0.15) is 0 Å². The van der Waals surface area contributed by atoms with Crippen LogP contribution in [0.3, 0.4) is 0 Å². The molecule has 154 valence electrons. The van der Waals surface area contributed by atoms with Crippen molar-refractivity contribution in [3.8, 4) is 11.1 Å². The number of nitrogens with zero attached hydrogens (tertiary/aromatic N) is 2. The molecule has 0 aliphatic carbocycles. The Bertz CT molecular complexity index is 1090. The number of ether oxygens (including phenoxy) is 1. The van der Waals surface area contributed by atoms with Crippen molar-refractivity contribution in [1.82, 2.24) is 9.55 Å². The van der Waals surface area contributed by atoms with Crippen LogP contribution in [0.5, 0.6) is 0 Å². The van der Waals surface area contributed by atoms with Crippen LogP contribution in [0, 0.1) is 20.8 Å². The van der Waals surface area contributed by atoms with Gasteiger partial charge in [0, 0.05) is 40.0 Å². The fourth-order valence-corrected chi connectivity index (χ4v) is 3.84. The first-order chi connectivity index (χ1) is 13.4. The van der Waals surface area contributed by atoms with Gasteiger partial charge in [0.25, 0.3) is 0 Å². The second-order valence-electron chi connectivity index (χ2n) is 8.41. The van der Waals surface area contributed by atoms with Crippen LogP contribution >= 0.6 is 11.6 Å². The number of carbonyl (C=O) groups is 1. The summed E-state index contributed by atoms with van der Waals surface area (Å²) in [5.74, 6) is -1.04. The Kier molecular flexibility index (Phi) is 5.50. The van der Waals surface area contributed by atoms with E-state index in [4.69, 9.17) is 21.3 Å². The van der Waals surface area contributed by atoms with Gasteiger partial charge in [-0.05, 0) is 64.8 Å². The molecule has 0 saturated heterocycles. The van der Waals surface area contributed by atoms with Crippen LogP contribution in [-0.2, 0) is 16.6 Å². The molecule has 1 atom stereocenters. The molecular weight excluding hydrogens is 388 g/mol. The van der Waals surface area contributed by atoms with Crippen molar-refractivity contribution in [2.24, 2.45) is 7.05 Å². The number of aryl methyl sites for hydroxylation is 3. The average Bonchev–Trinajstić information content (AvgIpc) is 2.83. The summed E-state index contributed by atoms with van der Waals surface area (Å²) < 4.78 is 8.05. The fourth-order valence-electron chi connectivity index (χ4n) is 3.72. The number of benzene rings is 1. The Morgan fingerprint density at radius 2 is 1.76 bits per heavy atom. The van der Waals surface area contributed by atoms with E-state index >= 15 is 0 Å². The third-order valence-electron chi connectivity index (χ3n) is 5.24. The number of hydrogen-bond acceptors (Lipinski definition) is 3. The second-order valence-corrected chi connectivity index (χ2v) is 8.85. The number of aliphatic carboxylic acids is 1. The molecule has 0 radical (unpaired) electrons. The lowest BCUT2D eigenvalue weighted by atomic mass is 9.91. The number of carboxylic acid groups (broad SMARTS) is 1. The first-order valence-corrected chi connectivity index (χ1v) is 9.92. The first kappa shape index (κ1) is 21.3. The Balaban J connectivity index is 2.47. The monoisotopic (exact) mass is 414 g/mol. The number of aromatic nitrogens is 2. The topological polar surface area (TPSA) is 64.4 Å². The normalized spacial score (nSPS) is 13.1. The van der Waals surface area contributed by atoms with Crippen molar-refractivity contribution in [2.75, 3.05) is 0 Å². The molecule has 1 N–H and O–H groups in total. The molecule has 0 fully saturated rings. The number of rotatable bonds is 4. The van der Waals surface area contributed by atoms with E-state index in [1.54, 1.807) is 0 Å². The number of fused-ring (bicyclic) bond motifs is 1. The number of hydrogen-bond donors (Lipinski definition) is 1. The smallest absolute Gasteiger partial charge is 0.337 e. The Labute approximate surface area is 176 Å². The van der Waals surface area contributed by atoms with Gasteiger partial charge in [-0.1, -0.05) is 23.7 Å². The molecule has 2 aromatic heterocycles. The van der Waals surface area contributed by atoms with Gasteiger partial charge in [0.2, 0.25) is 0 Å². The van der Waals surface area contributed by atoms with E-state index in [0.29, 0.717) is 16.3 Å². The standard InChI is InChI=1S/C23H27ClN2O3/c1-12-14(3)26(7)21-17(12)19(15-8-10-16(24)11-9-15)18(13(2)25-21)20(22(27)28)29-23(4,5)6/h8-11,20H,1-7H3,(H,27,28)/t20-/m1/s1. The van der Waals surface area contributed by atoms with E-state index in [0.717, 1.165) is 33.4 Å². The van der Waals surface area contributed by atoms with Crippen LogP contribution in [0.15, 0.2) is 24.3 Å². The van der Waals surface area contributed by atoms with Gasteiger partial charge < -0.3 is 14.4 Å². The van der Waals surface area contributed by atoms with Crippen molar-refractivity contribution in [3.63, 3.8) is 0 Å². The predicted molar refractivity (Wildman–Crippen MR) is 117 cm³/mol. The highest BCUT2D eigenvalue weighted by molar-refractivity contribution is 6.30. The van der Waals surface area contributed by atoms with Crippen molar-refractivity contribution < 1.29 is 14.6 Å².